The Hall–Kier alpha value is -0.890. The Morgan fingerprint density at radius 1 is 1.25 bits per heavy atom. The van der Waals surface area contributed by atoms with Gasteiger partial charge in [0.15, 0.2) is 0 Å². The highest BCUT2D eigenvalue weighted by Gasteiger charge is 2.22. The van der Waals surface area contributed by atoms with Crippen molar-refractivity contribution in [3.8, 4) is 0 Å². The normalized spacial score (nSPS) is 25.6. The summed E-state index contributed by atoms with van der Waals surface area (Å²) in [5, 5.41) is 3.26. The third-order valence-electron chi connectivity index (χ3n) is 3.62. The molecule has 2 atom stereocenters. The van der Waals surface area contributed by atoms with Crippen LogP contribution in [0.25, 0.3) is 0 Å². The molecule has 1 unspecified atom stereocenters. The summed E-state index contributed by atoms with van der Waals surface area (Å²) in [6.45, 7) is 1.11. The fraction of sp³-hybridized carbons (Fsp3) is 0.571. The van der Waals surface area contributed by atoms with Gasteiger partial charge in [-0.25, -0.2) is 4.39 Å². The van der Waals surface area contributed by atoms with E-state index in [0.29, 0.717) is 5.92 Å². The van der Waals surface area contributed by atoms with Crippen molar-refractivity contribution >= 4 is 0 Å². The molecule has 0 amide bonds. The van der Waals surface area contributed by atoms with Crippen molar-refractivity contribution in [2.45, 2.75) is 31.6 Å². The van der Waals surface area contributed by atoms with Crippen molar-refractivity contribution < 1.29 is 4.39 Å². The SMILES string of the molecule is CNC[C@@H]1CCCC(c2ccc(F)cc2)C1. The summed E-state index contributed by atoms with van der Waals surface area (Å²) in [7, 11) is 2.02. The zero-order valence-corrected chi connectivity index (χ0v) is 9.88. The number of hydrogen-bond donors (Lipinski definition) is 1. The van der Waals surface area contributed by atoms with Gasteiger partial charge in [0.05, 0.1) is 0 Å². The molecule has 0 spiro atoms. The molecule has 1 nitrogen and oxygen atoms in total. The summed E-state index contributed by atoms with van der Waals surface area (Å²) >= 11 is 0. The van der Waals surface area contributed by atoms with Crippen molar-refractivity contribution in [2.24, 2.45) is 5.92 Å². The zero-order chi connectivity index (χ0) is 11.4. The Morgan fingerprint density at radius 2 is 2.00 bits per heavy atom. The molecule has 1 aliphatic rings. The van der Waals surface area contributed by atoms with Crippen LogP contribution in [0.15, 0.2) is 24.3 Å². The molecule has 16 heavy (non-hydrogen) atoms. The lowest BCUT2D eigenvalue weighted by molar-refractivity contribution is 0.316. The summed E-state index contributed by atoms with van der Waals surface area (Å²) in [5.74, 6) is 1.29. The van der Waals surface area contributed by atoms with E-state index in [9.17, 15) is 4.39 Å². The molecule has 88 valence electrons. The maximum Gasteiger partial charge on any atom is 0.123 e. The van der Waals surface area contributed by atoms with Gasteiger partial charge in [-0.15, -0.1) is 0 Å². The molecular weight excluding hydrogens is 201 g/mol. The second-order valence-electron chi connectivity index (χ2n) is 4.84. The second kappa shape index (κ2) is 5.44. The van der Waals surface area contributed by atoms with Gasteiger partial charge in [0.2, 0.25) is 0 Å². The van der Waals surface area contributed by atoms with Gasteiger partial charge >= 0.3 is 0 Å². The highest BCUT2D eigenvalue weighted by molar-refractivity contribution is 5.21. The molecule has 0 aliphatic heterocycles. The highest BCUT2D eigenvalue weighted by atomic mass is 19.1. The molecule has 0 saturated heterocycles. The van der Waals surface area contributed by atoms with Crippen LogP contribution in [0, 0.1) is 11.7 Å². The van der Waals surface area contributed by atoms with Crippen LogP contribution in [0.3, 0.4) is 0 Å². The summed E-state index contributed by atoms with van der Waals surface area (Å²) in [6.07, 6.45) is 5.13. The lowest BCUT2D eigenvalue weighted by Gasteiger charge is -2.29. The Balaban J connectivity index is 2.01. The molecule has 1 aliphatic carbocycles. The van der Waals surface area contributed by atoms with Crippen molar-refractivity contribution in [1.29, 1.82) is 0 Å². The van der Waals surface area contributed by atoms with E-state index in [1.165, 1.54) is 31.2 Å². The van der Waals surface area contributed by atoms with Gasteiger partial charge in [-0.05, 0) is 62.4 Å². The minimum Gasteiger partial charge on any atom is -0.319 e. The summed E-state index contributed by atoms with van der Waals surface area (Å²) in [6, 6.07) is 7.05. The average molecular weight is 221 g/mol. The first-order valence-corrected chi connectivity index (χ1v) is 6.19. The first kappa shape index (κ1) is 11.6. The van der Waals surface area contributed by atoms with Crippen LogP contribution in [0.4, 0.5) is 4.39 Å². The minimum atomic E-state index is -0.133. The van der Waals surface area contributed by atoms with Crippen molar-refractivity contribution in [3.05, 3.63) is 35.6 Å². The number of hydrogen-bond acceptors (Lipinski definition) is 1. The quantitative estimate of drug-likeness (QED) is 0.825. The Labute approximate surface area is 97.1 Å². The van der Waals surface area contributed by atoms with Crippen LogP contribution < -0.4 is 5.32 Å². The standard InChI is InChI=1S/C14H20FN/c1-16-10-11-3-2-4-13(9-11)12-5-7-14(15)8-6-12/h5-8,11,13,16H,2-4,9-10H2,1H3/t11-,13?/m1/s1. The zero-order valence-electron chi connectivity index (χ0n) is 9.88. The first-order valence-electron chi connectivity index (χ1n) is 6.19. The van der Waals surface area contributed by atoms with E-state index in [1.807, 2.05) is 19.2 Å². The van der Waals surface area contributed by atoms with Gasteiger partial charge in [-0.1, -0.05) is 18.6 Å². The van der Waals surface area contributed by atoms with E-state index in [2.05, 4.69) is 5.32 Å². The molecule has 2 rings (SSSR count). The monoisotopic (exact) mass is 221 g/mol. The van der Waals surface area contributed by atoms with E-state index in [1.54, 1.807) is 12.1 Å². The molecule has 0 radical (unpaired) electrons. The minimum absolute atomic E-state index is 0.133. The van der Waals surface area contributed by atoms with Crippen LogP contribution in [-0.4, -0.2) is 13.6 Å². The van der Waals surface area contributed by atoms with Gasteiger partial charge < -0.3 is 5.32 Å². The number of nitrogens with one attached hydrogen (secondary N) is 1. The first-order chi connectivity index (χ1) is 7.79. The van der Waals surface area contributed by atoms with Crippen LogP contribution in [0.1, 0.15) is 37.2 Å². The maximum atomic E-state index is 12.8. The van der Waals surface area contributed by atoms with E-state index in [4.69, 9.17) is 0 Å². The molecule has 1 N–H and O–H groups in total. The average Bonchev–Trinajstić information content (AvgIpc) is 2.31. The van der Waals surface area contributed by atoms with Gasteiger partial charge in [-0.2, -0.15) is 0 Å². The number of rotatable bonds is 3. The molecule has 0 aromatic heterocycles. The van der Waals surface area contributed by atoms with Gasteiger partial charge in [0.1, 0.15) is 5.82 Å². The third kappa shape index (κ3) is 2.82. The van der Waals surface area contributed by atoms with Crippen LogP contribution in [-0.2, 0) is 0 Å². The van der Waals surface area contributed by atoms with E-state index < -0.39 is 0 Å². The number of benzene rings is 1. The molecule has 2 heteroatoms. The van der Waals surface area contributed by atoms with Gasteiger partial charge in [0.25, 0.3) is 0 Å². The lowest BCUT2D eigenvalue weighted by atomic mass is 9.78. The Kier molecular flexibility index (Phi) is 3.94. The predicted molar refractivity (Wildman–Crippen MR) is 65.0 cm³/mol. The third-order valence-corrected chi connectivity index (χ3v) is 3.62. The molecular formula is C14H20FN. The smallest absolute Gasteiger partial charge is 0.123 e. The van der Waals surface area contributed by atoms with Gasteiger partial charge in [-0.3, -0.25) is 0 Å². The lowest BCUT2D eigenvalue weighted by Crippen LogP contribution is -2.24. The van der Waals surface area contributed by atoms with Gasteiger partial charge in [0, 0.05) is 0 Å². The van der Waals surface area contributed by atoms with Crippen molar-refractivity contribution in [2.75, 3.05) is 13.6 Å². The number of halogens is 1. The second-order valence-corrected chi connectivity index (χ2v) is 4.84. The highest BCUT2D eigenvalue weighted by Crippen LogP contribution is 2.35. The Morgan fingerprint density at radius 3 is 2.69 bits per heavy atom. The molecule has 1 saturated carbocycles. The largest absolute Gasteiger partial charge is 0.319 e. The molecule has 0 bridgehead atoms. The van der Waals surface area contributed by atoms with E-state index in [-0.39, 0.29) is 5.82 Å². The topological polar surface area (TPSA) is 12.0 Å². The fourth-order valence-corrected chi connectivity index (χ4v) is 2.80. The van der Waals surface area contributed by atoms with Crippen molar-refractivity contribution in [1.82, 2.24) is 5.32 Å². The predicted octanol–water partition coefficient (Wildman–Crippen LogP) is 3.32. The van der Waals surface area contributed by atoms with Crippen LogP contribution in [0.2, 0.25) is 0 Å². The molecule has 1 fully saturated rings. The van der Waals surface area contributed by atoms with E-state index >= 15 is 0 Å². The summed E-state index contributed by atoms with van der Waals surface area (Å²) in [4.78, 5) is 0. The van der Waals surface area contributed by atoms with Crippen LogP contribution >= 0.6 is 0 Å². The fourth-order valence-electron chi connectivity index (χ4n) is 2.80. The maximum absolute atomic E-state index is 12.8. The van der Waals surface area contributed by atoms with Crippen LogP contribution in [0.5, 0.6) is 0 Å². The summed E-state index contributed by atoms with van der Waals surface area (Å²) < 4.78 is 12.8. The van der Waals surface area contributed by atoms with E-state index in [0.717, 1.165) is 12.5 Å². The molecule has 1 aromatic carbocycles. The molecule has 1 aromatic rings. The summed E-state index contributed by atoms with van der Waals surface area (Å²) in [5.41, 5.74) is 1.31. The van der Waals surface area contributed by atoms with Crippen molar-refractivity contribution in [3.63, 3.8) is 0 Å². The Bertz CT molecular complexity index is 318. The molecule has 0 heterocycles.